The first kappa shape index (κ1) is 18.5. The summed E-state index contributed by atoms with van der Waals surface area (Å²) < 4.78 is 29.7. The van der Waals surface area contributed by atoms with E-state index in [1.165, 1.54) is 47.3 Å². The molecule has 5 nitrogen and oxygen atoms in total. The van der Waals surface area contributed by atoms with Gasteiger partial charge in [-0.3, -0.25) is 14.6 Å². The zero-order valence-electron chi connectivity index (χ0n) is 15.1. The van der Waals surface area contributed by atoms with Crippen molar-refractivity contribution in [2.45, 2.75) is 6.54 Å². The first-order valence-electron chi connectivity index (χ1n) is 8.81. The van der Waals surface area contributed by atoms with Crippen LogP contribution in [0.15, 0.2) is 78.0 Å². The van der Waals surface area contributed by atoms with Gasteiger partial charge >= 0.3 is 0 Å². The molecule has 29 heavy (non-hydrogen) atoms. The van der Waals surface area contributed by atoms with Gasteiger partial charge in [-0.1, -0.05) is 12.1 Å². The third-order valence-electron chi connectivity index (χ3n) is 4.52. The predicted octanol–water partition coefficient (Wildman–Crippen LogP) is 3.59. The molecule has 1 amide bonds. The maximum absolute atomic E-state index is 14.4. The lowest BCUT2D eigenvalue weighted by Gasteiger charge is -2.15. The van der Waals surface area contributed by atoms with Gasteiger partial charge in [0, 0.05) is 36.1 Å². The number of hydrogen-bond donors (Lipinski definition) is 1. The Morgan fingerprint density at radius 3 is 2.66 bits per heavy atom. The molecule has 0 atom stereocenters. The van der Waals surface area contributed by atoms with Gasteiger partial charge in [-0.05, 0) is 42.5 Å². The quantitative estimate of drug-likeness (QED) is 0.578. The number of halogens is 2. The van der Waals surface area contributed by atoms with Gasteiger partial charge in [0.2, 0.25) is 0 Å². The molecule has 0 saturated heterocycles. The van der Waals surface area contributed by atoms with Crippen LogP contribution in [0.4, 0.5) is 8.78 Å². The van der Waals surface area contributed by atoms with Crippen LogP contribution in [0.1, 0.15) is 15.9 Å². The van der Waals surface area contributed by atoms with Crippen LogP contribution in [0.3, 0.4) is 0 Å². The van der Waals surface area contributed by atoms with E-state index in [4.69, 9.17) is 0 Å². The molecule has 0 saturated carbocycles. The first-order chi connectivity index (χ1) is 14.0. The third-order valence-corrected chi connectivity index (χ3v) is 4.52. The van der Waals surface area contributed by atoms with Crippen LogP contribution in [-0.2, 0) is 6.54 Å². The molecule has 0 spiro atoms. The smallest absolute Gasteiger partial charge is 0.253 e. The van der Waals surface area contributed by atoms with Gasteiger partial charge in [-0.25, -0.2) is 8.78 Å². The Bertz CT molecular complexity index is 1270. The number of nitrogens with one attached hydrogen (secondary N) is 1. The van der Waals surface area contributed by atoms with Gasteiger partial charge in [0.05, 0.1) is 16.8 Å². The lowest BCUT2D eigenvalue weighted by atomic mass is 10.1. The summed E-state index contributed by atoms with van der Waals surface area (Å²) in [6.45, 7) is -0.0751. The lowest BCUT2D eigenvalue weighted by molar-refractivity contribution is 0.0950. The highest BCUT2D eigenvalue weighted by atomic mass is 19.1. The van der Waals surface area contributed by atoms with E-state index in [-0.39, 0.29) is 34.1 Å². The van der Waals surface area contributed by atoms with Crippen molar-refractivity contribution in [3.63, 3.8) is 0 Å². The molecule has 0 aliphatic heterocycles. The monoisotopic (exact) mass is 391 g/mol. The number of pyridine rings is 2. The molecule has 2 aromatic heterocycles. The molecule has 7 heteroatoms. The van der Waals surface area contributed by atoms with E-state index >= 15 is 0 Å². The second kappa shape index (κ2) is 7.63. The second-order valence-electron chi connectivity index (χ2n) is 6.39. The number of rotatable bonds is 4. The van der Waals surface area contributed by atoms with E-state index in [9.17, 15) is 18.4 Å². The number of nitrogens with zero attached hydrogens (tertiary/aromatic N) is 2. The summed E-state index contributed by atoms with van der Waals surface area (Å²) in [4.78, 5) is 29.0. The number of carbonyl (C=O) groups is 1. The fraction of sp³-hybridized carbons (Fsp3) is 0.0455. The number of carbonyl (C=O) groups excluding carboxylic acids is 1. The van der Waals surface area contributed by atoms with Crippen LogP contribution in [0.25, 0.3) is 16.6 Å². The first-order valence-corrected chi connectivity index (χ1v) is 8.81. The van der Waals surface area contributed by atoms with Gasteiger partial charge in [-0.15, -0.1) is 0 Å². The van der Waals surface area contributed by atoms with Crippen LogP contribution in [0.2, 0.25) is 0 Å². The SMILES string of the molecule is O=C(NCc1cn(-c2ccccc2F)c2cc(F)ccc2c1=O)c1cccnc1. The van der Waals surface area contributed by atoms with Crippen LogP contribution in [-0.4, -0.2) is 15.5 Å². The molecule has 0 bridgehead atoms. The van der Waals surface area contributed by atoms with Crippen molar-refractivity contribution >= 4 is 16.8 Å². The molecule has 0 aliphatic rings. The number of amides is 1. The Labute approximate surface area is 164 Å². The van der Waals surface area contributed by atoms with Gasteiger partial charge in [0.15, 0.2) is 5.43 Å². The second-order valence-corrected chi connectivity index (χ2v) is 6.39. The summed E-state index contributed by atoms with van der Waals surface area (Å²) in [7, 11) is 0. The molecule has 144 valence electrons. The van der Waals surface area contributed by atoms with E-state index in [0.29, 0.717) is 5.56 Å². The minimum atomic E-state index is -0.542. The number of para-hydroxylation sites is 1. The summed E-state index contributed by atoms with van der Waals surface area (Å²) >= 11 is 0. The average molecular weight is 391 g/mol. The van der Waals surface area contributed by atoms with Crippen LogP contribution >= 0.6 is 0 Å². The number of benzene rings is 2. The van der Waals surface area contributed by atoms with Gasteiger partial charge in [0.25, 0.3) is 5.91 Å². The average Bonchev–Trinajstić information content (AvgIpc) is 2.74. The molecular weight excluding hydrogens is 376 g/mol. The Balaban J connectivity index is 1.80. The molecule has 0 radical (unpaired) electrons. The highest BCUT2D eigenvalue weighted by Gasteiger charge is 2.14. The summed E-state index contributed by atoms with van der Waals surface area (Å²) in [6, 6.07) is 12.9. The number of aromatic nitrogens is 2. The molecule has 0 unspecified atom stereocenters. The molecule has 1 N–H and O–H groups in total. The van der Waals surface area contributed by atoms with E-state index in [1.807, 2.05) is 0 Å². The molecule has 0 aliphatic carbocycles. The van der Waals surface area contributed by atoms with Crippen LogP contribution in [0, 0.1) is 11.6 Å². The summed E-state index contributed by atoms with van der Waals surface area (Å²) in [5.74, 6) is -1.46. The van der Waals surface area contributed by atoms with Crippen molar-refractivity contribution < 1.29 is 13.6 Å². The van der Waals surface area contributed by atoms with Crippen LogP contribution < -0.4 is 10.7 Å². The van der Waals surface area contributed by atoms with Crippen molar-refractivity contribution in [1.82, 2.24) is 14.9 Å². The Kier molecular flexibility index (Phi) is 4.87. The van der Waals surface area contributed by atoms with Crippen molar-refractivity contribution in [2.24, 2.45) is 0 Å². The normalized spacial score (nSPS) is 10.8. The topological polar surface area (TPSA) is 64.0 Å². The van der Waals surface area contributed by atoms with Gasteiger partial charge in [0.1, 0.15) is 11.6 Å². The molecule has 2 aromatic carbocycles. The Morgan fingerprint density at radius 2 is 1.90 bits per heavy atom. The number of hydrogen-bond acceptors (Lipinski definition) is 3. The highest BCUT2D eigenvalue weighted by Crippen LogP contribution is 2.21. The minimum Gasteiger partial charge on any atom is -0.348 e. The van der Waals surface area contributed by atoms with E-state index in [0.717, 1.165) is 0 Å². The molecule has 2 heterocycles. The Hall–Kier alpha value is -3.87. The minimum absolute atomic E-state index is 0.0751. The van der Waals surface area contributed by atoms with Gasteiger partial charge in [-0.2, -0.15) is 0 Å². The molecular formula is C22H15F2N3O2. The summed E-state index contributed by atoms with van der Waals surface area (Å²) in [6.07, 6.45) is 4.38. The van der Waals surface area contributed by atoms with Crippen molar-refractivity contribution in [2.75, 3.05) is 0 Å². The molecule has 4 rings (SSSR count). The zero-order chi connectivity index (χ0) is 20.4. The third kappa shape index (κ3) is 3.62. The Morgan fingerprint density at radius 1 is 1.07 bits per heavy atom. The van der Waals surface area contributed by atoms with Crippen molar-refractivity contribution in [3.05, 3.63) is 106 Å². The maximum Gasteiger partial charge on any atom is 0.253 e. The summed E-state index contributed by atoms with van der Waals surface area (Å²) in [5, 5.41) is 2.89. The zero-order valence-corrected chi connectivity index (χ0v) is 15.1. The van der Waals surface area contributed by atoms with E-state index < -0.39 is 17.5 Å². The number of fused-ring (bicyclic) bond motifs is 1. The van der Waals surface area contributed by atoms with Crippen LogP contribution in [0.5, 0.6) is 0 Å². The van der Waals surface area contributed by atoms with E-state index in [1.54, 1.807) is 30.5 Å². The highest BCUT2D eigenvalue weighted by molar-refractivity contribution is 5.93. The lowest BCUT2D eigenvalue weighted by Crippen LogP contribution is -2.27. The van der Waals surface area contributed by atoms with E-state index in [2.05, 4.69) is 10.3 Å². The largest absolute Gasteiger partial charge is 0.348 e. The maximum atomic E-state index is 14.4. The molecule has 0 fully saturated rings. The fourth-order valence-corrected chi connectivity index (χ4v) is 3.10. The predicted molar refractivity (Wildman–Crippen MR) is 105 cm³/mol. The standard InChI is InChI=1S/C22H15F2N3O2/c23-16-7-8-17-20(10-16)27(19-6-2-1-5-18(19)24)13-15(21(17)28)12-26-22(29)14-4-3-9-25-11-14/h1-11,13H,12H2,(H,26,29). The van der Waals surface area contributed by atoms with Gasteiger partial charge < -0.3 is 9.88 Å². The van der Waals surface area contributed by atoms with Crippen molar-refractivity contribution in [3.8, 4) is 5.69 Å². The summed E-state index contributed by atoms with van der Waals surface area (Å²) in [5.41, 5.74) is 0.638. The fourth-order valence-electron chi connectivity index (χ4n) is 3.10. The molecule has 4 aromatic rings. The van der Waals surface area contributed by atoms with Crippen molar-refractivity contribution in [1.29, 1.82) is 0 Å².